The average Bonchev–Trinajstić information content (AvgIpc) is 2.54. The van der Waals surface area contributed by atoms with E-state index in [1.54, 1.807) is 24.3 Å². The summed E-state index contributed by atoms with van der Waals surface area (Å²) in [5.41, 5.74) is 0.372. The van der Waals surface area contributed by atoms with E-state index >= 15 is 0 Å². The summed E-state index contributed by atoms with van der Waals surface area (Å²) < 4.78 is 5.09. The molecule has 1 atom stereocenters. The van der Waals surface area contributed by atoms with Gasteiger partial charge in [-0.25, -0.2) is 4.79 Å². The summed E-state index contributed by atoms with van der Waals surface area (Å²) in [6.07, 6.45) is -0.987. The summed E-state index contributed by atoms with van der Waals surface area (Å²) in [6.45, 7) is 1.46. The molecule has 0 amide bonds. The lowest BCUT2D eigenvalue weighted by atomic mass is 10.1. The number of non-ortho nitro benzene ring substituents is 1. The van der Waals surface area contributed by atoms with Gasteiger partial charge in [-0.2, -0.15) is 0 Å². The maximum absolute atomic E-state index is 12.2. The molecule has 0 N–H and O–H groups in total. The smallest absolute Gasteiger partial charge is 0.338 e. The third-order valence-electron chi connectivity index (χ3n) is 3.10. The number of Topliss-reactive ketones (excluding diaryl/α,β-unsaturated/α-hetero) is 1. The number of nitro groups is 1. The Kier molecular flexibility index (Phi) is 5.08. The van der Waals surface area contributed by atoms with Gasteiger partial charge in [0.05, 0.1) is 10.5 Å². The van der Waals surface area contributed by atoms with Crippen LogP contribution in [-0.2, 0) is 4.74 Å². The second-order valence-electron chi connectivity index (χ2n) is 4.72. The van der Waals surface area contributed by atoms with Gasteiger partial charge in [-0.05, 0) is 43.3 Å². The number of hydrogen-bond acceptors (Lipinski definition) is 5. The zero-order valence-corrected chi connectivity index (χ0v) is 12.8. The van der Waals surface area contributed by atoms with Gasteiger partial charge < -0.3 is 4.74 Å². The highest BCUT2D eigenvalue weighted by Crippen LogP contribution is 2.15. The Morgan fingerprint density at radius 3 is 2.09 bits per heavy atom. The van der Waals surface area contributed by atoms with Gasteiger partial charge in [0, 0.05) is 22.7 Å². The second-order valence-corrected chi connectivity index (χ2v) is 5.16. The Balaban J connectivity index is 2.05. The Morgan fingerprint density at radius 2 is 1.57 bits per heavy atom. The van der Waals surface area contributed by atoms with Crippen molar-refractivity contribution in [1.29, 1.82) is 0 Å². The molecule has 0 aliphatic rings. The van der Waals surface area contributed by atoms with E-state index in [9.17, 15) is 19.7 Å². The summed E-state index contributed by atoms with van der Waals surface area (Å²) in [4.78, 5) is 34.1. The van der Waals surface area contributed by atoms with Gasteiger partial charge in [0.25, 0.3) is 5.69 Å². The number of benzene rings is 2. The standard InChI is InChI=1S/C16H12ClNO5/c1-10(15(19)11-2-6-13(17)7-3-11)23-16(20)12-4-8-14(9-5-12)18(21)22/h2-10H,1H3/t10-/m1/s1. The summed E-state index contributed by atoms with van der Waals surface area (Å²) >= 11 is 5.75. The van der Waals surface area contributed by atoms with Gasteiger partial charge >= 0.3 is 5.97 Å². The monoisotopic (exact) mass is 333 g/mol. The zero-order valence-electron chi connectivity index (χ0n) is 12.1. The molecule has 118 valence electrons. The van der Waals surface area contributed by atoms with Crippen molar-refractivity contribution in [2.45, 2.75) is 13.0 Å². The van der Waals surface area contributed by atoms with Crippen molar-refractivity contribution >= 4 is 29.0 Å². The third kappa shape index (κ3) is 4.14. The molecule has 0 unspecified atom stereocenters. The van der Waals surface area contributed by atoms with Gasteiger partial charge in [-0.15, -0.1) is 0 Å². The van der Waals surface area contributed by atoms with Crippen LogP contribution in [0.15, 0.2) is 48.5 Å². The first kappa shape index (κ1) is 16.6. The Hall–Kier alpha value is -2.73. The minimum absolute atomic E-state index is 0.131. The Morgan fingerprint density at radius 1 is 1.04 bits per heavy atom. The molecular weight excluding hydrogens is 322 g/mol. The van der Waals surface area contributed by atoms with Crippen molar-refractivity contribution in [3.63, 3.8) is 0 Å². The number of carbonyl (C=O) groups excluding carboxylic acids is 2. The van der Waals surface area contributed by atoms with Crippen molar-refractivity contribution in [3.05, 3.63) is 74.8 Å². The van der Waals surface area contributed by atoms with Crippen LogP contribution in [0.1, 0.15) is 27.6 Å². The number of hydrogen-bond donors (Lipinski definition) is 0. The van der Waals surface area contributed by atoms with E-state index in [1.807, 2.05) is 0 Å². The molecule has 0 saturated heterocycles. The van der Waals surface area contributed by atoms with Crippen LogP contribution in [0.25, 0.3) is 0 Å². The van der Waals surface area contributed by atoms with Crippen LogP contribution in [0.5, 0.6) is 0 Å². The highest BCUT2D eigenvalue weighted by molar-refractivity contribution is 6.30. The Labute approximate surface area is 136 Å². The molecule has 6 nitrogen and oxygen atoms in total. The van der Waals surface area contributed by atoms with E-state index in [1.165, 1.54) is 31.2 Å². The number of nitrogens with zero attached hydrogens (tertiary/aromatic N) is 1. The van der Waals surface area contributed by atoms with E-state index in [0.717, 1.165) is 0 Å². The Bertz CT molecular complexity index is 740. The highest BCUT2D eigenvalue weighted by Gasteiger charge is 2.20. The SMILES string of the molecule is C[C@@H](OC(=O)c1ccc([N+](=O)[O-])cc1)C(=O)c1ccc(Cl)cc1. The molecule has 2 rings (SSSR count). The molecule has 0 bridgehead atoms. The number of esters is 1. The number of nitro benzene ring substituents is 1. The van der Waals surface area contributed by atoms with Crippen LogP contribution in [0.4, 0.5) is 5.69 Å². The third-order valence-corrected chi connectivity index (χ3v) is 3.35. The fourth-order valence-electron chi connectivity index (χ4n) is 1.85. The molecule has 0 aliphatic carbocycles. The number of carbonyl (C=O) groups is 2. The van der Waals surface area contributed by atoms with Crippen molar-refractivity contribution in [2.75, 3.05) is 0 Å². The quantitative estimate of drug-likeness (QED) is 0.360. The summed E-state index contributed by atoms with van der Waals surface area (Å²) in [5.74, 6) is -1.09. The number of ketones is 1. The first-order valence-corrected chi connectivity index (χ1v) is 7.01. The molecular formula is C16H12ClNO5. The fourth-order valence-corrected chi connectivity index (χ4v) is 1.98. The fraction of sp³-hybridized carbons (Fsp3) is 0.125. The maximum Gasteiger partial charge on any atom is 0.338 e. The molecule has 0 aliphatic heterocycles. The molecule has 0 radical (unpaired) electrons. The van der Waals surface area contributed by atoms with Gasteiger partial charge in [0.15, 0.2) is 6.10 Å². The van der Waals surface area contributed by atoms with Gasteiger partial charge in [-0.1, -0.05) is 11.6 Å². The van der Waals surface area contributed by atoms with Crippen LogP contribution in [-0.4, -0.2) is 22.8 Å². The van der Waals surface area contributed by atoms with Crippen molar-refractivity contribution in [3.8, 4) is 0 Å². The summed E-state index contributed by atoms with van der Waals surface area (Å²) in [7, 11) is 0. The molecule has 0 heterocycles. The number of halogens is 1. The second kappa shape index (κ2) is 7.02. The predicted molar refractivity (Wildman–Crippen MR) is 83.8 cm³/mol. The molecule has 2 aromatic rings. The van der Waals surface area contributed by atoms with Crippen molar-refractivity contribution in [1.82, 2.24) is 0 Å². The van der Waals surface area contributed by atoms with E-state index in [4.69, 9.17) is 16.3 Å². The summed E-state index contributed by atoms with van der Waals surface area (Å²) in [6, 6.07) is 11.2. The molecule has 0 aromatic heterocycles. The van der Waals surface area contributed by atoms with Crippen molar-refractivity contribution in [2.24, 2.45) is 0 Å². The van der Waals surface area contributed by atoms with Crippen LogP contribution in [0.2, 0.25) is 5.02 Å². The van der Waals surface area contributed by atoms with Crippen LogP contribution < -0.4 is 0 Å². The largest absolute Gasteiger partial charge is 0.451 e. The lowest BCUT2D eigenvalue weighted by molar-refractivity contribution is -0.384. The topological polar surface area (TPSA) is 86.5 Å². The summed E-state index contributed by atoms with van der Waals surface area (Å²) in [5, 5.41) is 11.1. The molecule has 0 spiro atoms. The van der Waals surface area contributed by atoms with Crippen LogP contribution in [0, 0.1) is 10.1 Å². The molecule has 2 aromatic carbocycles. The van der Waals surface area contributed by atoms with E-state index in [2.05, 4.69) is 0 Å². The highest BCUT2D eigenvalue weighted by atomic mass is 35.5. The van der Waals surface area contributed by atoms with Gasteiger partial charge in [-0.3, -0.25) is 14.9 Å². The molecule has 23 heavy (non-hydrogen) atoms. The molecule has 7 heteroatoms. The van der Waals surface area contributed by atoms with Crippen LogP contribution >= 0.6 is 11.6 Å². The van der Waals surface area contributed by atoms with E-state index in [-0.39, 0.29) is 17.0 Å². The normalized spacial score (nSPS) is 11.6. The number of rotatable bonds is 5. The predicted octanol–water partition coefficient (Wildman–Crippen LogP) is 3.68. The number of ether oxygens (including phenoxy) is 1. The zero-order chi connectivity index (χ0) is 17.0. The minimum Gasteiger partial charge on any atom is -0.451 e. The van der Waals surface area contributed by atoms with Gasteiger partial charge in [0.2, 0.25) is 5.78 Å². The minimum atomic E-state index is -0.987. The van der Waals surface area contributed by atoms with Gasteiger partial charge in [0.1, 0.15) is 0 Å². The lowest BCUT2D eigenvalue weighted by Gasteiger charge is -2.12. The van der Waals surface area contributed by atoms with E-state index < -0.39 is 17.0 Å². The van der Waals surface area contributed by atoms with Crippen molar-refractivity contribution < 1.29 is 19.2 Å². The first-order chi connectivity index (χ1) is 10.9. The molecule has 0 saturated carbocycles. The average molecular weight is 334 g/mol. The van der Waals surface area contributed by atoms with E-state index in [0.29, 0.717) is 10.6 Å². The lowest BCUT2D eigenvalue weighted by Crippen LogP contribution is -2.24. The first-order valence-electron chi connectivity index (χ1n) is 6.63. The molecule has 0 fully saturated rings. The maximum atomic E-state index is 12.2. The van der Waals surface area contributed by atoms with Crippen LogP contribution in [0.3, 0.4) is 0 Å².